The number of hydrogen-bond acceptors (Lipinski definition) is 3. The molecule has 0 bridgehead atoms. The minimum absolute atomic E-state index is 0.0874. The van der Waals surface area contributed by atoms with Crippen LogP contribution >= 0.6 is 0 Å². The third kappa shape index (κ3) is 1.76. The molecule has 1 saturated heterocycles. The zero-order valence-electron chi connectivity index (χ0n) is 12.2. The molecule has 5 heteroatoms. The van der Waals surface area contributed by atoms with E-state index in [2.05, 4.69) is 23.6 Å². The van der Waals surface area contributed by atoms with E-state index in [1.54, 1.807) is 0 Å². The molecule has 1 atom stereocenters. The molecule has 1 aliphatic rings. The van der Waals surface area contributed by atoms with E-state index < -0.39 is 12.1 Å². The number of hydroxylamine groups is 2. The maximum atomic E-state index is 11.4. The van der Waals surface area contributed by atoms with Crippen LogP contribution in [-0.2, 0) is 16.1 Å². The number of aromatic nitrogens is 1. The molecular weight excluding hydrogens is 280 g/mol. The third-order valence-corrected chi connectivity index (χ3v) is 4.24. The summed E-state index contributed by atoms with van der Waals surface area (Å²) < 4.78 is 7.63. The standard InChI is InChI=1S/C17H16N2O3/c1-2-18-14-6-4-3-5-12(14)13-9-11(7-8-15(13)18)17-19(21)16(20)10-22-17/h3-9,17,21H,2,10H2,1H3. The van der Waals surface area contributed by atoms with Crippen LogP contribution in [0.3, 0.4) is 0 Å². The van der Waals surface area contributed by atoms with Crippen molar-refractivity contribution in [3.63, 3.8) is 0 Å². The largest absolute Gasteiger partial charge is 0.342 e. The maximum Gasteiger partial charge on any atom is 0.274 e. The molecule has 4 rings (SSSR count). The van der Waals surface area contributed by atoms with Crippen molar-refractivity contribution >= 4 is 27.7 Å². The minimum atomic E-state index is -0.722. The zero-order chi connectivity index (χ0) is 15.3. The molecule has 5 nitrogen and oxygen atoms in total. The molecule has 0 spiro atoms. The van der Waals surface area contributed by atoms with Crippen LogP contribution in [0.2, 0.25) is 0 Å². The summed E-state index contributed by atoms with van der Waals surface area (Å²) in [5.41, 5.74) is 3.10. The first-order valence-electron chi connectivity index (χ1n) is 7.34. The highest BCUT2D eigenvalue weighted by Gasteiger charge is 2.32. The fourth-order valence-corrected chi connectivity index (χ4v) is 3.22. The highest BCUT2D eigenvalue weighted by atomic mass is 16.6. The van der Waals surface area contributed by atoms with E-state index in [4.69, 9.17) is 4.74 Å². The fraction of sp³-hybridized carbons (Fsp3) is 0.235. The second-order valence-electron chi connectivity index (χ2n) is 5.44. The van der Waals surface area contributed by atoms with Crippen molar-refractivity contribution in [2.75, 3.05) is 6.61 Å². The lowest BCUT2D eigenvalue weighted by Crippen LogP contribution is -2.24. The molecule has 1 aromatic heterocycles. The molecule has 2 heterocycles. The van der Waals surface area contributed by atoms with Gasteiger partial charge >= 0.3 is 0 Å². The van der Waals surface area contributed by atoms with Crippen LogP contribution < -0.4 is 0 Å². The van der Waals surface area contributed by atoms with Gasteiger partial charge in [0, 0.05) is 33.9 Å². The quantitative estimate of drug-likeness (QED) is 0.739. The number of aryl methyl sites for hydroxylation is 1. The van der Waals surface area contributed by atoms with Gasteiger partial charge in [0.25, 0.3) is 5.91 Å². The Bertz CT molecular complexity index is 884. The van der Waals surface area contributed by atoms with E-state index >= 15 is 0 Å². The van der Waals surface area contributed by atoms with Gasteiger partial charge < -0.3 is 9.30 Å². The predicted molar refractivity (Wildman–Crippen MR) is 82.4 cm³/mol. The van der Waals surface area contributed by atoms with Crippen LogP contribution in [0.4, 0.5) is 0 Å². The average Bonchev–Trinajstić information content (AvgIpc) is 3.05. The van der Waals surface area contributed by atoms with Gasteiger partial charge in [-0.25, -0.2) is 0 Å². The number of fused-ring (bicyclic) bond motifs is 3. The number of rotatable bonds is 2. The van der Waals surface area contributed by atoms with Gasteiger partial charge in [-0.3, -0.25) is 10.0 Å². The summed E-state index contributed by atoms with van der Waals surface area (Å²) in [6.45, 7) is 2.91. The summed E-state index contributed by atoms with van der Waals surface area (Å²) >= 11 is 0. The Morgan fingerprint density at radius 1 is 1.18 bits per heavy atom. The normalized spacial score (nSPS) is 18.7. The van der Waals surface area contributed by atoms with Crippen molar-refractivity contribution in [1.29, 1.82) is 0 Å². The fourth-order valence-electron chi connectivity index (χ4n) is 3.22. The lowest BCUT2D eigenvalue weighted by atomic mass is 10.1. The lowest BCUT2D eigenvalue weighted by molar-refractivity contribution is -0.179. The van der Waals surface area contributed by atoms with E-state index in [0.717, 1.165) is 28.4 Å². The Morgan fingerprint density at radius 3 is 2.68 bits per heavy atom. The number of benzene rings is 2. The number of carbonyl (C=O) groups is 1. The molecule has 112 valence electrons. The zero-order valence-corrected chi connectivity index (χ0v) is 12.2. The van der Waals surface area contributed by atoms with Crippen LogP contribution in [0.5, 0.6) is 0 Å². The Hall–Kier alpha value is -2.37. The van der Waals surface area contributed by atoms with Gasteiger partial charge in [0.05, 0.1) is 0 Å². The molecule has 3 aromatic rings. The maximum absolute atomic E-state index is 11.4. The molecule has 0 radical (unpaired) electrons. The lowest BCUT2D eigenvalue weighted by Gasteiger charge is -2.16. The summed E-state index contributed by atoms with van der Waals surface area (Å²) in [6, 6.07) is 14.2. The number of amides is 1. The second-order valence-corrected chi connectivity index (χ2v) is 5.44. The van der Waals surface area contributed by atoms with E-state index in [1.165, 1.54) is 5.52 Å². The van der Waals surface area contributed by atoms with Crippen molar-refractivity contribution in [2.24, 2.45) is 0 Å². The SMILES string of the molecule is CCn1c2ccccc2c2cc(C3OCC(=O)N3O)ccc21. The molecule has 22 heavy (non-hydrogen) atoms. The van der Waals surface area contributed by atoms with Crippen LogP contribution in [0.15, 0.2) is 42.5 Å². The average molecular weight is 296 g/mol. The van der Waals surface area contributed by atoms with Gasteiger partial charge in [0.2, 0.25) is 0 Å². The van der Waals surface area contributed by atoms with E-state index in [9.17, 15) is 10.0 Å². The second kappa shape index (κ2) is 4.83. The van der Waals surface area contributed by atoms with Crippen LogP contribution in [0, 0.1) is 0 Å². The van der Waals surface area contributed by atoms with Crippen molar-refractivity contribution in [2.45, 2.75) is 19.7 Å². The molecule has 1 aliphatic heterocycles. The highest BCUT2D eigenvalue weighted by Crippen LogP contribution is 2.33. The molecule has 1 unspecified atom stereocenters. The first kappa shape index (κ1) is 13.3. The predicted octanol–water partition coefficient (Wildman–Crippen LogP) is 3.06. The summed E-state index contributed by atoms with van der Waals surface area (Å²) in [5.74, 6) is -0.416. The Balaban J connectivity index is 1.94. The van der Waals surface area contributed by atoms with Crippen molar-refractivity contribution in [3.8, 4) is 0 Å². The third-order valence-electron chi connectivity index (χ3n) is 4.24. The first-order chi connectivity index (χ1) is 10.7. The van der Waals surface area contributed by atoms with Crippen LogP contribution in [-0.4, -0.2) is 27.4 Å². The Morgan fingerprint density at radius 2 is 1.95 bits per heavy atom. The molecular formula is C17H16N2O3. The highest BCUT2D eigenvalue weighted by molar-refractivity contribution is 6.08. The van der Waals surface area contributed by atoms with Gasteiger partial charge in [-0.15, -0.1) is 0 Å². The van der Waals surface area contributed by atoms with E-state index in [-0.39, 0.29) is 6.61 Å². The molecule has 1 amide bonds. The Kier molecular flexibility index (Phi) is 2.92. The monoisotopic (exact) mass is 296 g/mol. The van der Waals surface area contributed by atoms with Crippen LogP contribution in [0.25, 0.3) is 21.8 Å². The summed E-state index contributed by atoms with van der Waals surface area (Å²) in [5, 5.41) is 12.7. The minimum Gasteiger partial charge on any atom is -0.342 e. The number of para-hydroxylation sites is 1. The number of hydrogen-bond donors (Lipinski definition) is 1. The summed E-state index contributed by atoms with van der Waals surface area (Å²) in [4.78, 5) is 11.4. The number of carbonyl (C=O) groups excluding carboxylic acids is 1. The van der Waals surface area contributed by atoms with Crippen LogP contribution in [0.1, 0.15) is 18.7 Å². The molecule has 1 N–H and O–H groups in total. The molecule has 0 saturated carbocycles. The smallest absolute Gasteiger partial charge is 0.274 e. The van der Waals surface area contributed by atoms with E-state index in [0.29, 0.717) is 5.06 Å². The van der Waals surface area contributed by atoms with E-state index in [1.807, 2.05) is 30.3 Å². The van der Waals surface area contributed by atoms with Gasteiger partial charge in [0.1, 0.15) is 6.61 Å². The van der Waals surface area contributed by atoms with Gasteiger partial charge in [-0.1, -0.05) is 24.3 Å². The van der Waals surface area contributed by atoms with Crippen molar-refractivity contribution in [1.82, 2.24) is 9.63 Å². The summed E-state index contributed by atoms with van der Waals surface area (Å²) in [6.07, 6.45) is -0.722. The molecule has 0 aliphatic carbocycles. The van der Waals surface area contributed by atoms with Gasteiger partial charge in [-0.05, 0) is 25.1 Å². The number of ether oxygens (including phenoxy) is 1. The van der Waals surface area contributed by atoms with Gasteiger partial charge in [0.15, 0.2) is 6.23 Å². The van der Waals surface area contributed by atoms with Crippen molar-refractivity contribution in [3.05, 3.63) is 48.0 Å². The topological polar surface area (TPSA) is 54.7 Å². The van der Waals surface area contributed by atoms with Gasteiger partial charge in [-0.2, -0.15) is 5.06 Å². The summed E-state index contributed by atoms with van der Waals surface area (Å²) in [7, 11) is 0. The Labute approximate surface area is 127 Å². The molecule has 1 fully saturated rings. The number of nitrogens with zero attached hydrogens (tertiary/aromatic N) is 2. The van der Waals surface area contributed by atoms with Crippen molar-refractivity contribution < 1.29 is 14.7 Å². The molecule has 2 aromatic carbocycles. The first-order valence-corrected chi connectivity index (χ1v) is 7.34.